The van der Waals surface area contributed by atoms with Gasteiger partial charge in [0.25, 0.3) is 5.91 Å². The van der Waals surface area contributed by atoms with Crippen molar-refractivity contribution in [3.63, 3.8) is 0 Å². The van der Waals surface area contributed by atoms with Gasteiger partial charge in [0.1, 0.15) is 10.3 Å². The summed E-state index contributed by atoms with van der Waals surface area (Å²) in [4.78, 5) is 15.7. The first kappa shape index (κ1) is 16.2. The maximum Gasteiger partial charge on any atom is 0.251 e. The number of amides is 1. The lowest BCUT2D eigenvalue weighted by Gasteiger charge is -2.17. The highest BCUT2D eigenvalue weighted by Gasteiger charge is 2.12. The molecule has 0 fully saturated rings. The lowest BCUT2D eigenvalue weighted by Crippen LogP contribution is -2.35. The minimum absolute atomic E-state index is 0.170. The summed E-state index contributed by atoms with van der Waals surface area (Å²) in [5.41, 5.74) is 0.344. The number of carbonyl (C=O) groups is 1. The number of nitrogens with zero attached hydrogens (tertiary/aromatic N) is 1. The molecule has 0 atom stereocenters. The van der Waals surface area contributed by atoms with E-state index in [1.165, 1.54) is 12.1 Å². The molecule has 0 saturated carbocycles. The fourth-order valence-electron chi connectivity index (χ4n) is 1.41. The molecular formula is C12H16Cl2N2O3. The molecule has 106 valence electrons. The van der Waals surface area contributed by atoms with Gasteiger partial charge >= 0.3 is 0 Å². The Balaban J connectivity index is 2.58. The van der Waals surface area contributed by atoms with Gasteiger partial charge < -0.3 is 14.8 Å². The van der Waals surface area contributed by atoms with Crippen LogP contribution in [0.1, 0.15) is 24.2 Å². The van der Waals surface area contributed by atoms with Crippen molar-refractivity contribution in [2.45, 2.75) is 20.1 Å². The van der Waals surface area contributed by atoms with E-state index >= 15 is 0 Å². The first-order valence-corrected chi connectivity index (χ1v) is 6.66. The fourth-order valence-corrected chi connectivity index (χ4v) is 1.87. The number of aromatic nitrogens is 1. The summed E-state index contributed by atoms with van der Waals surface area (Å²) in [6.45, 7) is 4.98. The van der Waals surface area contributed by atoms with Gasteiger partial charge in [-0.25, -0.2) is 4.98 Å². The Labute approximate surface area is 122 Å². The highest BCUT2D eigenvalue weighted by atomic mass is 35.5. The summed E-state index contributed by atoms with van der Waals surface area (Å²) in [7, 11) is 0. The molecule has 0 bridgehead atoms. The Morgan fingerprint density at radius 2 is 1.79 bits per heavy atom. The predicted octanol–water partition coefficient (Wildman–Crippen LogP) is 2.52. The van der Waals surface area contributed by atoms with Gasteiger partial charge in [0, 0.05) is 18.8 Å². The molecular weight excluding hydrogens is 291 g/mol. The standard InChI is InChI=1S/C12H16Cl2N2O3/c1-3-18-11(19-4-2)7-15-12(17)8-5-9(13)16-10(14)6-8/h5-6,11H,3-4,7H2,1-2H3,(H,15,17). The zero-order chi connectivity index (χ0) is 14.3. The average Bonchev–Trinajstić information content (AvgIpc) is 2.35. The Bertz CT molecular complexity index is 403. The van der Waals surface area contributed by atoms with Crippen LogP contribution >= 0.6 is 23.2 Å². The molecule has 5 nitrogen and oxygen atoms in total. The van der Waals surface area contributed by atoms with Crippen LogP contribution in [0.4, 0.5) is 0 Å². The van der Waals surface area contributed by atoms with Crippen LogP contribution in [0.2, 0.25) is 10.3 Å². The van der Waals surface area contributed by atoms with Crippen LogP contribution in [0.25, 0.3) is 0 Å². The van der Waals surface area contributed by atoms with Gasteiger partial charge in [-0.15, -0.1) is 0 Å². The van der Waals surface area contributed by atoms with Crippen LogP contribution in [0.3, 0.4) is 0 Å². The number of nitrogens with one attached hydrogen (secondary N) is 1. The largest absolute Gasteiger partial charge is 0.351 e. The number of hydrogen-bond acceptors (Lipinski definition) is 4. The molecule has 0 spiro atoms. The van der Waals surface area contributed by atoms with Gasteiger partial charge in [-0.1, -0.05) is 23.2 Å². The van der Waals surface area contributed by atoms with Crippen molar-refractivity contribution in [1.29, 1.82) is 0 Å². The monoisotopic (exact) mass is 306 g/mol. The predicted molar refractivity (Wildman–Crippen MR) is 73.6 cm³/mol. The Kier molecular flexibility index (Phi) is 7.09. The zero-order valence-electron chi connectivity index (χ0n) is 10.8. The third kappa shape index (κ3) is 5.74. The molecule has 1 aromatic heterocycles. The van der Waals surface area contributed by atoms with Crippen LogP contribution < -0.4 is 5.32 Å². The van der Waals surface area contributed by atoms with Crippen LogP contribution in [-0.2, 0) is 9.47 Å². The first-order valence-electron chi connectivity index (χ1n) is 5.91. The fraction of sp³-hybridized carbons (Fsp3) is 0.500. The average molecular weight is 307 g/mol. The smallest absolute Gasteiger partial charge is 0.251 e. The quantitative estimate of drug-likeness (QED) is 0.621. The summed E-state index contributed by atoms with van der Waals surface area (Å²) in [6, 6.07) is 2.89. The van der Waals surface area contributed by atoms with Crippen LogP contribution in [-0.4, -0.2) is 36.9 Å². The summed E-state index contributed by atoms with van der Waals surface area (Å²) >= 11 is 11.5. The molecule has 1 aromatic rings. The van der Waals surface area contributed by atoms with Crippen molar-refractivity contribution in [1.82, 2.24) is 10.3 Å². The van der Waals surface area contributed by atoms with E-state index in [1.807, 2.05) is 13.8 Å². The van der Waals surface area contributed by atoms with Crippen LogP contribution in [0.5, 0.6) is 0 Å². The second kappa shape index (κ2) is 8.32. The van der Waals surface area contributed by atoms with E-state index in [1.54, 1.807) is 0 Å². The highest BCUT2D eigenvalue weighted by Crippen LogP contribution is 2.14. The van der Waals surface area contributed by atoms with E-state index in [0.717, 1.165) is 0 Å². The van der Waals surface area contributed by atoms with E-state index in [-0.39, 0.29) is 22.8 Å². The van der Waals surface area contributed by atoms with Gasteiger partial charge in [0.2, 0.25) is 0 Å². The number of rotatable bonds is 7. The molecule has 0 unspecified atom stereocenters. The van der Waals surface area contributed by atoms with Crippen molar-refractivity contribution >= 4 is 29.1 Å². The van der Waals surface area contributed by atoms with E-state index in [0.29, 0.717) is 18.8 Å². The second-order valence-corrected chi connectivity index (χ2v) is 4.33. The molecule has 0 aliphatic heterocycles. The molecule has 0 saturated heterocycles. The van der Waals surface area contributed by atoms with Crippen molar-refractivity contribution in [2.75, 3.05) is 19.8 Å². The molecule has 0 radical (unpaired) electrons. The maximum atomic E-state index is 11.9. The van der Waals surface area contributed by atoms with Crippen molar-refractivity contribution in [2.24, 2.45) is 0 Å². The Morgan fingerprint density at radius 3 is 2.26 bits per heavy atom. The third-order valence-electron chi connectivity index (χ3n) is 2.16. The van der Waals surface area contributed by atoms with Crippen molar-refractivity contribution in [3.05, 3.63) is 28.0 Å². The van der Waals surface area contributed by atoms with Crippen molar-refractivity contribution in [3.8, 4) is 0 Å². The first-order chi connectivity index (χ1) is 9.06. The van der Waals surface area contributed by atoms with E-state index in [9.17, 15) is 4.79 Å². The number of pyridine rings is 1. The molecule has 0 aromatic carbocycles. The maximum absolute atomic E-state index is 11.9. The Morgan fingerprint density at radius 1 is 1.26 bits per heavy atom. The third-order valence-corrected chi connectivity index (χ3v) is 2.55. The van der Waals surface area contributed by atoms with Gasteiger partial charge in [0.15, 0.2) is 6.29 Å². The van der Waals surface area contributed by atoms with Gasteiger partial charge in [-0.3, -0.25) is 4.79 Å². The molecule has 0 aliphatic rings. The highest BCUT2D eigenvalue weighted by molar-refractivity contribution is 6.33. The van der Waals surface area contributed by atoms with Crippen LogP contribution in [0, 0.1) is 0 Å². The molecule has 1 N–H and O–H groups in total. The van der Waals surface area contributed by atoms with E-state index in [4.69, 9.17) is 32.7 Å². The zero-order valence-corrected chi connectivity index (χ0v) is 12.3. The Hall–Kier alpha value is -0.880. The van der Waals surface area contributed by atoms with E-state index in [2.05, 4.69) is 10.3 Å². The molecule has 0 aliphatic carbocycles. The summed E-state index contributed by atoms with van der Waals surface area (Å²) in [5.74, 6) is -0.310. The van der Waals surface area contributed by atoms with Gasteiger partial charge in [0.05, 0.1) is 6.54 Å². The molecule has 1 heterocycles. The topological polar surface area (TPSA) is 60.5 Å². The summed E-state index contributed by atoms with van der Waals surface area (Å²) < 4.78 is 10.6. The number of hydrogen-bond donors (Lipinski definition) is 1. The number of ether oxygens (including phenoxy) is 2. The van der Waals surface area contributed by atoms with E-state index < -0.39 is 6.29 Å². The second-order valence-electron chi connectivity index (χ2n) is 3.55. The molecule has 7 heteroatoms. The van der Waals surface area contributed by atoms with Crippen molar-refractivity contribution < 1.29 is 14.3 Å². The normalized spacial score (nSPS) is 10.8. The van der Waals surface area contributed by atoms with Crippen LogP contribution in [0.15, 0.2) is 12.1 Å². The molecule has 19 heavy (non-hydrogen) atoms. The lowest BCUT2D eigenvalue weighted by atomic mass is 10.2. The molecule has 1 amide bonds. The number of halogens is 2. The number of carbonyl (C=O) groups excluding carboxylic acids is 1. The minimum atomic E-state index is -0.466. The summed E-state index contributed by atoms with van der Waals surface area (Å²) in [6.07, 6.45) is -0.466. The van der Waals surface area contributed by atoms with Gasteiger partial charge in [-0.05, 0) is 26.0 Å². The lowest BCUT2D eigenvalue weighted by molar-refractivity contribution is -0.131. The minimum Gasteiger partial charge on any atom is -0.351 e. The van der Waals surface area contributed by atoms with Gasteiger partial charge in [-0.2, -0.15) is 0 Å². The summed E-state index contributed by atoms with van der Waals surface area (Å²) in [5, 5.41) is 3.03. The molecule has 1 rings (SSSR count). The SMILES string of the molecule is CCOC(CNC(=O)c1cc(Cl)nc(Cl)c1)OCC.